The van der Waals surface area contributed by atoms with Crippen LogP contribution in [0.5, 0.6) is 0 Å². The van der Waals surface area contributed by atoms with E-state index in [2.05, 4.69) is 37.0 Å². The van der Waals surface area contributed by atoms with Crippen molar-refractivity contribution >= 4 is 11.3 Å². The van der Waals surface area contributed by atoms with Gasteiger partial charge in [-0.25, -0.2) is 4.98 Å². The Morgan fingerprint density at radius 3 is 2.92 bits per heavy atom. The molecule has 0 unspecified atom stereocenters. The molecule has 0 amide bonds. The van der Waals surface area contributed by atoms with Crippen LogP contribution in [0.2, 0.25) is 0 Å². The minimum absolute atomic E-state index is 0.0373. The molecule has 2 aromatic rings. The van der Waals surface area contributed by atoms with Crippen molar-refractivity contribution in [3.8, 4) is 0 Å². The fraction of sp³-hybridized carbons (Fsp3) is 0.579. The highest BCUT2D eigenvalue weighted by molar-refractivity contribution is 7.07. The summed E-state index contributed by atoms with van der Waals surface area (Å²) in [6.45, 7) is 5.95. The smallest absolute Gasteiger partial charge is 0.251 e. The van der Waals surface area contributed by atoms with Gasteiger partial charge < -0.3 is 10.3 Å². The molecule has 1 aliphatic carbocycles. The van der Waals surface area contributed by atoms with E-state index in [0.29, 0.717) is 11.5 Å². The molecule has 6 heteroatoms. The summed E-state index contributed by atoms with van der Waals surface area (Å²) < 4.78 is 0. The Labute approximate surface area is 152 Å². The van der Waals surface area contributed by atoms with Crippen LogP contribution in [0.15, 0.2) is 27.7 Å². The molecule has 4 rings (SSSR count). The molecule has 1 saturated carbocycles. The van der Waals surface area contributed by atoms with Crippen LogP contribution in [-0.2, 0) is 19.5 Å². The molecule has 25 heavy (non-hydrogen) atoms. The molecular formula is C19H26N4OS. The van der Waals surface area contributed by atoms with Gasteiger partial charge >= 0.3 is 0 Å². The van der Waals surface area contributed by atoms with Crippen LogP contribution in [0.4, 0.5) is 0 Å². The maximum Gasteiger partial charge on any atom is 0.251 e. The number of aromatic nitrogens is 2. The van der Waals surface area contributed by atoms with Gasteiger partial charge in [0.1, 0.15) is 5.82 Å². The van der Waals surface area contributed by atoms with Crippen molar-refractivity contribution in [3.63, 3.8) is 0 Å². The first-order chi connectivity index (χ1) is 12.2. The van der Waals surface area contributed by atoms with Gasteiger partial charge in [-0.15, -0.1) is 0 Å². The summed E-state index contributed by atoms with van der Waals surface area (Å²) in [6, 6.07) is 4.41. The second-order valence-corrected chi connectivity index (χ2v) is 8.19. The Hall–Kier alpha value is -1.50. The highest BCUT2D eigenvalue weighted by Gasteiger charge is 2.56. The molecule has 2 fully saturated rings. The van der Waals surface area contributed by atoms with E-state index in [9.17, 15) is 4.79 Å². The molecule has 134 valence electrons. The fourth-order valence-electron chi connectivity index (χ4n) is 4.21. The normalized spacial score (nSPS) is 21.8. The van der Waals surface area contributed by atoms with E-state index in [1.165, 1.54) is 24.8 Å². The van der Waals surface area contributed by atoms with Crippen LogP contribution in [-0.4, -0.2) is 34.0 Å². The lowest BCUT2D eigenvalue weighted by Gasteiger charge is -2.29. The van der Waals surface area contributed by atoms with Gasteiger partial charge in [-0.3, -0.25) is 9.69 Å². The van der Waals surface area contributed by atoms with Gasteiger partial charge in [-0.05, 0) is 66.6 Å². The third kappa shape index (κ3) is 3.71. The zero-order valence-electron chi connectivity index (χ0n) is 14.8. The van der Waals surface area contributed by atoms with Crippen LogP contribution < -0.4 is 10.9 Å². The number of H-pyrrole nitrogens is 1. The fourth-order valence-corrected chi connectivity index (χ4v) is 4.87. The van der Waals surface area contributed by atoms with Gasteiger partial charge in [0, 0.05) is 24.3 Å². The molecule has 2 aromatic heterocycles. The average molecular weight is 359 g/mol. The largest absolute Gasteiger partial charge is 0.317 e. The summed E-state index contributed by atoms with van der Waals surface area (Å²) in [5.41, 5.74) is 2.67. The summed E-state index contributed by atoms with van der Waals surface area (Å²) in [5.74, 6) is 0.801. The van der Waals surface area contributed by atoms with E-state index in [0.717, 1.165) is 44.1 Å². The summed E-state index contributed by atoms with van der Waals surface area (Å²) in [5, 5.41) is 7.84. The highest BCUT2D eigenvalue weighted by Crippen LogP contribution is 2.56. The van der Waals surface area contributed by atoms with E-state index in [4.69, 9.17) is 0 Å². The highest BCUT2D eigenvalue weighted by atomic mass is 32.1. The van der Waals surface area contributed by atoms with Crippen LogP contribution in [0.3, 0.4) is 0 Å². The first kappa shape index (κ1) is 16.9. The van der Waals surface area contributed by atoms with E-state index in [1.54, 1.807) is 17.4 Å². The number of rotatable bonds is 6. The van der Waals surface area contributed by atoms with Crippen molar-refractivity contribution in [2.75, 3.05) is 13.1 Å². The van der Waals surface area contributed by atoms with E-state index >= 15 is 0 Å². The summed E-state index contributed by atoms with van der Waals surface area (Å²) in [7, 11) is 0. The molecule has 2 N–H and O–H groups in total. The Morgan fingerprint density at radius 2 is 2.20 bits per heavy atom. The van der Waals surface area contributed by atoms with E-state index in [-0.39, 0.29) is 5.56 Å². The molecule has 1 atom stereocenters. The molecule has 5 nitrogen and oxygen atoms in total. The van der Waals surface area contributed by atoms with Gasteiger partial charge in [0.25, 0.3) is 5.56 Å². The van der Waals surface area contributed by atoms with Crippen LogP contribution in [0, 0.1) is 5.41 Å². The molecular weight excluding hydrogens is 332 g/mol. The second-order valence-electron chi connectivity index (χ2n) is 7.41. The molecule has 1 aliphatic heterocycles. The molecule has 1 saturated heterocycles. The zero-order valence-corrected chi connectivity index (χ0v) is 15.6. The Morgan fingerprint density at radius 1 is 1.36 bits per heavy atom. The third-order valence-corrected chi connectivity index (χ3v) is 6.44. The van der Waals surface area contributed by atoms with Crippen molar-refractivity contribution in [2.45, 2.75) is 51.7 Å². The maximum atomic E-state index is 11.9. The minimum Gasteiger partial charge on any atom is -0.317 e. The predicted octanol–water partition coefficient (Wildman–Crippen LogP) is 2.54. The van der Waals surface area contributed by atoms with Crippen molar-refractivity contribution in [1.82, 2.24) is 20.2 Å². The molecule has 0 aromatic carbocycles. The average Bonchev–Trinajstić information content (AvgIpc) is 3.04. The quantitative estimate of drug-likeness (QED) is 0.833. The topological polar surface area (TPSA) is 61.0 Å². The Kier molecular flexibility index (Phi) is 4.75. The summed E-state index contributed by atoms with van der Waals surface area (Å²) >= 11 is 1.75. The van der Waals surface area contributed by atoms with Crippen molar-refractivity contribution in [3.05, 3.63) is 50.3 Å². The van der Waals surface area contributed by atoms with Crippen LogP contribution >= 0.6 is 11.3 Å². The minimum atomic E-state index is -0.0373. The number of aromatic amines is 1. The molecule has 0 bridgehead atoms. The van der Waals surface area contributed by atoms with E-state index in [1.807, 2.05) is 6.92 Å². The van der Waals surface area contributed by atoms with Gasteiger partial charge in [-0.1, -0.05) is 6.92 Å². The predicted molar refractivity (Wildman–Crippen MR) is 101 cm³/mol. The lowest BCUT2D eigenvalue weighted by molar-refractivity contribution is 0.184. The zero-order chi connectivity index (χ0) is 17.3. The number of nitrogens with one attached hydrogen (secondary N) is 2. The van der Waals surface area contributed by atoms with Gasteiger partial charge in [0.15, 0.2) is 0 Å². The molecule has 2 aliphatic rings. The van der Waals surface area contributed by atoms with Crippen LogP contribution in [0.1, 0.15) is 43.3 Å². The standard InChI is InChI=1S/C19H26N4OS/c1-2-15-9-18(24)22-17(21-15)12-23(11-14-3-8-25-13-14)16-10-19(16)4-6-20-7-5-19/h3,8-9,13,16,20H,2,4-7,10-12H2,1H3,(H,21,22,24)/t16-/m0/s1. The Balaban J connectivity index is 1.55. The molecule has 0 radical (unpaired) electrons. The first-order valence-electron chi connectivity index (χ1n) is 9.23. The van der Waals surface area contributed by atoms with Gasteiger partial charge in [-0.2, -0.15) is 11.3 Å². The SMILES string of the molecule is CCc1cc(=O)[nH]c(CN(Cc2ccsc2)[C@H]2CC23CCNCC3)n1. The van der Waals surface area contributed by atoms with Gasteiger partial charge in [0.2, 0.25) is 0 Å². The first-order valence-corrected chi connectivity index (χ1v) is 10.2. The third-order valence-electron chi connectivity index (χ3n) is 5.71. The monoisotopic (exact) mass is 358 g/mol. The second kappa shape index (κ2) is 7.02. The lowest BCUT2D eigenvalue weighted by atomic mass is 9.93. The number of hydrogen-bond acceptors (Lipinski definition) is 5. The van der Waals surface area contributed by atoms with Crippen molar-refractivity contribution in [2.24, 2.45) is 5.41 Å². The Bertz CT molecular complexity index is 764. The number of piperidine rings is 1. The summed E-state index contributed by atoms with van der Waals surface area (Å²) in [4.78, 5) is 22.1. The van der Waals surface area contributed by atoms with Crippen LogP contribution in [0.25, 0.3) is 0 Å². The van der Waals surface area contributed by atoms with Crippen molar-refractivity contribution < 1.29 is 0 Å². The number of thiophene rings is 1. The number of hydrogen-bond donors (Lipinski definition) is 2. The number of nitrogens with zero attached hydrogens (tertiary/aromatic N) is 2. The van der Waals surface area contributed by atoms with Crippen molar-refractivity contribution in [1.29, 1.82) is 0 Å². The summed E-state index contributed by atoms with van der Waals surface area (Å²) in [6.07, 6.45) is 4.59. The molecule has 1 spiro atoms. The van der Waals surface area contributed by atoms with Gasteiger partial charge in [0.05, 0.1) is 6.54 Å². The maximum absolute atomic E-state index is 11.9. The number of aryl methyl sites for hydroxylation is 1. The lowest BCUT2D eigenvalue weighted by Crippen LogP contribution is -2.36. The van der Waals surface area contributed by atoms with E-state index < -0.39 is 0 Å². The molecule has 3 heterocycles.